The van der Waals surface area contributed by atoms with Gasteiger partial charge < -0.3 is 15.2 Å². The predicted molar refractivity (Wildman–Crippen MR) is 82.6 cm³/mol. The molecular formula is C14H15BrFNO2S. The summed E-state index contributed by atoms with van der Waals surface area (Å²) >= 11 is 4.89. The number of halogens is 2. The molecule has 0 spiro atoms. The van der Waals surface area contributed by atoms with E-state index in [2.05, 4.69) is 21.2 Å². The van der Waals surface area contributed by atoms with Crippen molar-refractivity contribution in [3.8, 4) is 0 Å². The summed E-state index contributed by atoms with van der Waals surface area (Å²) in [5, 5.41) is 14.8. The van der Waals surface area contributed by atoms with Gasteiger partial charge in [-0.25, -0.2) is 4.39 Å². The average Bonchev–Trinajstić information content (AvgIpc) is 2.91. The van der Waals surface area contributed by atoms with Gasteiger partial charge in [0.1, 0.15) is 5.82 Å². The number of aliphatic hydroxyl groups is 1. The zero-order valence-electron chi connectivity index (χ0n) is 10.7. The second-order valence-electron chi connectivity index (χ2n) is 4.25. The molecule has 1 unspecified atom stereocenters. The summed E-state index contributed by atoms with van der Waals surface area (Å²) in [4.78, 5) is 1.13. The summed E-state index contributed by atoms with van der Waals surface area (Å²) in [6, 6.07) is 8.33. The molecule has 2 aromatic rings. The van der Waals surface area contributed by atoms with Gasteiger partial charge in [0.25, 0.3) is 0 Å². The second-order valence-corrected chi connectivity index (χ2v) is 6.14. The van der Waals surface area contributed by atoms with E-state index < -0.39 is 6.10 Å². The Bertz CT molecular complexity index is 536. The lowest BCUT2D eigenvalue weighted by molar-refractivity contribution is 0.0359. The third-order valence-corrected chi connectivity index (χ3v) is 4.10. The van der Waals surface area contributed by atoms with Gasteiger partial charge in [-0.3, -0.25) is 0 Å². The van der Waals surface area contributed by atoms with Gasteiger partial charge in [-0.15, -0.1) is 11.3 Å². The standard InChI is InChI=1S/C14H15BrFNO2S/c15-13-6-10(16)3-4-14(13)17-7-11(18)8-19-9-12-2-1-5-20-12/h1-6,11,17-18H,7-9H2. The van der Waals surface area contributed by atoms with Crippen LogP contribution in [-0.4, -0.2) is 24.4 Å². The fourth-order valence-corrected chi connectivity index (χ4v) is 2.74. The van der Waals surface area contributed by atoms with Crippen LogP contribution in [0.5, 0.6) is 0 Å². The highest BCUT2D eigenvalue weighted by molar-refractivity contribution is 9.10. The molecule has 1 aromatic carbocycles. The zero-order chi connectivity index (χ0) is 14.4. The third kappa shape index (κ3) is 4.86. The predicted octanol–water partition coefficient (Wildman–Crippen LogP) is 3.64. The Morgan fingerprint density at radius 2 is 2.25 bits per heavy atom. The van der Waals surface area contributed by atoms with E-state index in [0.717, 1.165) is 10.6 Å². The molecular weight excluding hydrogens is 345 g/mol. The Kier molecular flexibility index (Phi) is 5.97. The number of benzene rings is 1. The van der Waals surface area contributed by atoms with Gasteiger partial charge in [-0.05, 0) is 45.6 Å². The molecule has 2 rings (SSSR count). The molecule has 0 saturated heterocycles. The Hall–Kier alpha value is -0.950. The van der Waals surface area contributed by atoms with Crippen molar-refractivity contribution >= 4 is 33.0 Å². The Balaban J connectivity index is 1.70. The highest BCUT2D eigenvalue weighted by Crippen LogP contribution is 2.22. The molecule has 0 aliphatic carbocycles. The molecule has 0 fully saturated rings. The van der Waals surface area contributed by atoms with Crippen LogP contribution in [0.15, 0.2) is 40.2 Å². The first-order chi connectivity index (χ1) is 9.65. The first-order valence-corrected chi connectivity index (χ1v) is 7.79. The maximum Gasteiger partial charge on any atom is 0.124 e. The van der Waals surface area contributed by atoms with Crippen LogP contribution in [0.1, 0.15) is 4.88 Å². The Morgan fingerprint density at radius 1 is 1.40 bits per heavy atom. The maximum atomic E-state index is 12.9. The van der Waals surface area contributed by atoms with E-state index in [1.807, 2.05) is 17.5 Å². The van der Waals surface area contributed by atoms with Crippen LogP contribution in [0.3, 0.4) is 0 Å². The molecule has 1 heterocycles. The van der Waals surface area contributed by atoms with E-state index in [4.69, 9.17) is 4.74 Å². The van der Waals surface area contributed by atoms with Crippen molar-refractivity contribution in [3.05, 3.63) is 50.9 Å². The van der Waals surface area contributed by atoms with E-state index >= 15 is 0 Å². The number of anilines is 1. The van der Waals surface area contributed by atoms with Crippen molar-refractivity contribution in [2.45, 2.75) is 12.7 Å². The summed E-state index contributed by atoms with van der Waals surface area (Å²) < 4.78 is 19.0. The van der Waals surface area contributed by atoms with E-state index in [-0.39, 0.29) is 12.4 Å². The largest absolute Gasteiger partial charge is 0.389 e. The Labute approximate surface area is 129 Å². The highest BCUT2D eigenvalue weighted by Gasteiger charge is 2.07. The molecule has 6 heteroatoms. The second kappa shape index (κ2) is 7.73. The SMILES string of the molecule is OC(CNc1ccc(F)cc1Br)COCc1cccs1. The van der Waals surface area contributed by atoms with Crippen molar-refractivity contribution in [3.63, 3.8) is 0 Å². The van der Waals surface area contributed by atoms with E-state index in [0.29, 0.717) is 17.6 Å². The minimum Gasteiger partial charge on any atom is -0.389 e. The number of thiophene rings is 1. The molecule has 0 bridgehead atoms. The van der Waals surface area contributed by atoms with Crippen LogP contribution in [0.2, 0.25) is 0 Å². The molecule has 3 nitrogen and oxygen atoms in total. The molecule has 1 atom stereocenters. The van der Waals surface area contributed by atoms with Crippen LogP contribution >= 0.6 is 27.3 Å². The lowest BCUT2D eigenvalue weighted by Gasteiger charge is -2.14. The molecule has 0 amide bonds. The van der Waals surface area contributed by atoms with Crippen molar-refractivity contribution < 1.29 is 14.2 Å². The quantitative estimate of drug-likeness (QED) is 0.792. The molecule has 2 N–H and O–H groups in total. The van der Waals surface area contributed by atoms with Gasteiger partial charge in [-0.2, -0.15) is 0 Å². The number of hydrogen-bond donors (Lipinski definition) is 2. The molecule has 0 saturated carbocycles. The third-order valence-electron chi connectivity index (χ3n) is 2.59. The van der Waals surface area contributed by atoms with Crippen LogP contribution in [0, 0.1) is 5.82 Å². The minimum absolute atomic E-state index is 0.254. The number of aliphatic hydroxyl groups excluding tert-OH is 1. The lowest BCUT2D eigenvalue weighted by atomic mass is 10.3. The first kappa shape index (κ1) is 15.4. The summed E-state index contributed by atoms with van der Waals surface area (Å²) in [5.41, 5.74) is 0.740. The molecule has 0 aliphatic heterocycles. The van der Waals surface area contributed by atoms with E-state index in [1.54, 1.807) is 17.4 Å². The summed E-state index contributed by atoms with van der Waals surface area (Å²) in [6.45, 7) is 1.10. The molecule has 1 aromatic heterocycles. The van der Waals surface area contributed by atoms with Crippen molar-refractivity contribution in [2.75, 3.05) is 18.5 Å². The number of hydrogen-bond acceptors (Lipinski definition) is 4. The van der Waals surface area contributed by atoms with Gasteiger partial charge in [0, 0.05) is 21.6 Å². The smallest absolute Gasteiger partial charge is 0.124 e. The van der Waals surface area contributed by atoms with Crippen LogP contribution in [-0.2, 0) is 11.3 Å². The summed E-state index contributed by atoms with van der Waals surface area (Å²) in [5.74, 6) is -0.303. The van der Waals surface area contributed by atoms with Gasteiger partial charge >= 0.3 is 0 Å². The van der Waals surface area contributed by atoms with Crippen molar-refractivity contribution in [1.82, 2.24) is 0 Å². The van der Waals surface area contributed by atoms with Gasteiger partial charge in [-0.1, -0.05) is 6.07 Å². The number of nitrogens with one attached hydrogen (secondary N) is 1. The zero-order valence-corrected chi connectivity index (χ0v) is 13.1. The fraction of sp³-hybridized carbons (Fsp3) is 0.286. The molecule has 0 aliphatic rings. The monoisotopic (exact) mass is 359 g/mol. The molecule has 108 valence electrons. The van der Waals surface area contributed by atoms with Gasteiger partial charge in [0.05, 0.1) is 19.3 Å². The fourth-order valence-electron chi connectivity index (χ4n) is 1.61. The average molecular weight is 360 g/mol. The van der Waals surface area contributed by atoms with Crippen LogP contribution in [0.25, 0.3) is 0 Å². The van der Waals surface area contributed by atoms with Crippen molar-refractivity contribution in [2.24, 2.45) is 0 Å². The topological polar surface area (TPSA) is 41.5 Å². The van der Waals surface area contributed by atoms with Gasteiger partial charge in [0.15, 0.2) is 0 Å². The van der Waals surface area contributed by atoms with E-state index in [1.165, 1.54) is 12.1 Å². The number of ether oxygens (including phenoxy) is 1. The summed E-state index contributed by atoms with van der Waals surface area (Å²) in [6.07, 6.45) is -0.619. The lowest BCUT2D eigenvalue weighted by Crippen LogP contribution is -2.24. The minimum atomic E-state index is -0.619. The van der Waals surface area contributed by atoms with Crippen LogP contribution < -0.4 is 5.32 Å². The van der Waals surface area contributed by atoms with E-state index in [9.17, 15) is 9.50 Å². The van der Waals surface area contributed by atoms with Crippen molar-refractivity contribution in [1.29, 1.82) is 0 Å². The summed E-state index contributed by atoms with van der Waals surface area (Å²) in [7, 11) is 0. The first-order valence-electron chi connectivity index (χ1n) is 6.12. The molecule has 0 radical (unpaired) electrons. The maximum absolute atomic E-state index is 12.9. The normalized spacial score (nSPS) is 12.3. The Morgan fingerprint density at radius 3 is 2.95 bits per heavy atom. The van der Waals surface area contributed by atoms with Crippen LogP contribution in [0.4, 0.5) is 10.1 Å². The highest BCUT2D eigenvalue weighted by atomic mass is 79.9. The molecule has 20 heavy (non-hydrogen) atoms. The number of rotatable bonds is 7. The van der Waals surface area contributed by atoms with Gasteiger partial charge in [0.2, 0.25) is 0 Å².